The number of hydrogen-bond acceptors (Lipinski definition) is 4. The van der Waals surface area contributed by atoms with Crippen LogP contribution < -0.4 is 5.32 Å². The molecule has 0 atom stereocenters. The van der Waals surface area contributed by atoms with Gasteiger partial charge in [0.25, 0.3) is 5.91 Å². The van der Waals surface area contributed by atoms with Gasteiger partial charge in [0, 0.05) is 18.9 Å². The first kappa shape index (κ1) is 18.1. The fourth-order valence-electron chi connectivity index (χ4n) is 2.95. The molecule has 2 rings (SSSR count). The van der Waals surface area contributed by atoms with Crippen LogP contribution in [-0.4, -0.2) is 37.9 Å². The Labute approximate surface area is 142 Å². The van der Waals surface area contributed by atoms with Crippen LogP contribution >= 0.6 is 0 Å². The van der Waals surface area contributed by atoms with Gasteiger partial charge in [0.2, 0.25) is 0 Å². The molecule has 6 nitrogen and oxygen atoms in total. The molecule has 0 saturated carbocycles. The molecule has 2 aromatic rings. The number of nitrogens with one attached hydrogen (secondary N) is 1. The fourth-order valence-corrected chi connectivity index (χ4v) is 2.95. The zero-order valence-corrected chi connectivity index (χ0v) is 14.6. The van der Waals surface area contributed by atoms with Crippen LogP contribution in [0.1, 0.15) is 55.6 Å². The van der Waals surface area contributed by atoms with Gasteiger partial charge < -0.3 is 10.4 Å². The van der Waals surface area contributed by atoms with Crippen molar-refractivity contribution in [2.45, 2.75) is 52.1 Å². The van der Waals surface area contributed by atoms with E-state index in [9.17, 15) is 9.90 Å². The highest BCUT2D eigenvalue weighted by Crippen LogP contribution is 2.19. The second-order valence-corrected chi connectivity index (χ2v) is 6.17. The Morgan fingerprint density at radius 2 is 1.88 bits per heavy atom. The van der Waals surface area contributed by atoms with Gasteiger partial charge in [-0.1, -0.05) is 26.7 Å². The molecule has 0 aliphatic rings. The summed E-state index contributed by atoms with van der Waals surface area (Å²) < 4.78 is 1.71. The number of amides is 1. The first-order chi connectivity index (χ1) is 11.5. The van der Waals surface area contributed by atoms with E-state index in [0.717, 1.165) is 24.2 Å². The molecule has 6 heteroatoms. The Morgan fingerprint density at radius 3 is 2.46 bits per heavy atom. The highest BCUT2D eigenvalue weighted by Gasteiger charge is 2.26. The van der Waals surface area contributed by atoms with E-state index in [4.69, 9.17) is 0 Å². The number of aliphatic hydroxyl groups is 1. The molecule has 24 heavy (non-hydrogen) atoms. The second-order valence-electron chi connectivity index (χ2n) is 6.17. The number of pyridine rings is 1. The largest absolute Gasteiger partial charge is 0.388 e. The van der Waals surface area contributed by atoms with E-state index in [2.05, 4.69) is 15.4 Å². The van der Waals surface area contributed by atoms with Gasteiger partial charge in [-0.15, -0.1) is 0 Å². The van der Waals surface area contributed by atoms with Crippen molar-refractivity contribution >= 4 is 5.91 Å². The van der Waals surface area contributed by atoms with Crippen molar-refractivity contribution in [3.8, 4) is 5.69 Å². The third-order valence-electron chi connectivity index (χ3n) is 4.17. The molecule has 130 valence electrons. The maximum Gasteiger partial charge on any atom is 0.254 e. The number of rotatable bonds is 8. The van der Waals surface area contributed by atoms with Gasteiger partial charge in [0.05, 0.1) is 28.7 Å². The average Bonchev–Trinajstić information content (AvgIpc) is 2.96. The Kier molecular flexibility index (Phi) is 6.09. The monoisotopic (exact) mass is 330 g/mol. The number of hydrogen-bond donors (Lipinski definition) is 2. The van der Waals surface area contributed by atoms with Crippen molar-refractivity contribution < 1.29 is 9.90 Å². The molecule has 0 radical (unpaired) electrons. The van der Waals surface area contributed by atoms with Crippen LogP contribution in [0, 0.1) is 6.92 Å². The van der Waals surface area contributed by atoms with Crippen molar-refractivity contribution in [3.63, 3.8) is 0 Å². The number of nitrogens with zero attached hydrogens (tertiary/aromatic N) is 3. The lowest BCUT2D eigenvalue weighted by Gasteiger charge is -2.27. The van der Waals surface area contributed by atoms with Crippen molar-refractivity contribution in [2.24, 2.45) is 0 Å². The van der Waals surface area contributed by atoms with E-state index in [1.54, 1.807) is 23.3 Å². The van der Waals surface area contributed by atoms with E-state index in [-0.39, 0.29) is 12.5 Å². The molecule has 1 amide bonds. The number of aromatic nitrogens is 3. The van der Waals surface area contributed by atoms with Crippen LogP contribution in [0.25, 0.3) is 5.69 Å². The van der Waals surface area contributed by atoms with Crippen LogP contribution in [0.5, 0.6) is 0 Å². The van der Waals surface area contributed by atoms with Gasteiger partial charge in [-0.25, -0.2) is 4.68 Å². The van der Waals surface area contributed by atoms with Crippen LogP contribution in [0.4, 0.5) is 0 Å². The summed E-state index contributed by atoms with van der Waals surface area (Å²) in [5, 5.41) is 17.8. The standard InChI is InChI=1S/C18H26N4O2/c1-4-8-18(24,9-5-2)13-20-17(23)16-12-21-22(14(16)3)15-6-10-19-11-7-15/h6-7,10-12,24H,4-5,8-9,13H2,1-3H3,(H,20,23). The van der Waals surface area contributed by atoms with Crippen LogP contribution in [-0.2, 0) is 0 Å². The first-order valence-corrected chi connectivity index (χ1v) is 8.46. The molecular formula is C18H26N4O2. The van der Waals surface area contributed by atoms with E-state index >= 15 is 0 Å². The van der Waals surface area contributed by atoms with Gasteiger partial charge in [-0.05, 0) is 31.9 Å². The van der Waals surface area contributed by atoms with Gasteiger partial charge in [0.15, 0.2) is 0 Å². The smallest absolute Gasteiger partial charge is 0.254 e. The quantitative estimate of drug-likeness (QED) is 0.780. The highest BCUT2D eigenvalue weighted by atomic mass is 16.3. The molecule has 0 aliphatic heterocycles. The summed E-state index contributed by atoms with van der Waals surface area (Å²) in [6.45, 7) is 6.18. The lowest BCUT2D eigenvalue weighted by atomic mass is 9.92. The normalized spacial score (nSPS) is 11.5. The summed E-state index contributed by atoms with van der Waals surface area (Å²) >= 11 is 0. The Bertz CT molecular complexity index is 661. The summed E-state index contributed by atoms with van der Waals surface area (Å²) in [4.78, 5) is 16.5. The molecule has 2 heterocycles. The minimum atomic E-state index is -0.839. The summed E-state index contributed by atoms with van der Waals surface area (Å²) in [5.41, 5.74) is 1.29. The van der Waals surface area contributed by atoms with E-state index < -0.39 is 5.60 Å². The summed E-state index contributed by atoms with van der Waals surface area (Å²) in [5.74, 6) is -0.210. The Morgan fingerprint density at radius 1 is 1.25 bits per heavy atom. The van der Waals surface area contributed by atoms with Gasteiger partial charge in [-0.2, -0.15) is 5.10 Å². The third kappa shape index (κ3) is 4.20. The SMILES string of the molecule is CCCC(O)(CCC)CNC(=O)c1cnn(-c2ccncc2)c1C. The molecule has 0 aliphatic carbocycles. The molecule has 0 unspecified atom stereocenters. The minimum absolute atomic E-state index is 0.210. The zero-order chi connectivity index (χ0) is 17.6. The minimum Gasteiger partial charge on any atom is -0.388 e. The molecule has 0 aromatic carbocycles. The second kappa shape index (κ2) is 8.06. The summed E-state index contributed by atoms with van der Waals surface area (Å²) in [6, 6.07) is 3.67. The van der Waals surface area contributed by atoms with Crippen molar-refractivity contribution in [3.05, 3.63) is 42.0 Å². The molecular weight excluding hydrogens is 304 g/mol. The van der Waals surface area contributed by atoms with Crippen LogP contribution in [0.15, 0.2) is 30.7 Å². The lowest BCUT2D eigenvalue weighted by Crippen LogP contribution is -2.43. The van der Waals surface area contributed by atoms with Crippen LogP contribution in [0.2, 0.25) is 0 Å². The maximum absolute atomic E-state index is 12.5. The average molecular weight is 330 g/mol. The summed E-state index contributed by atoms with van der Waals surface area (Å²) in [6.07, 6.45) is 8.05. The molecule has 2 N–H and O–H groups in total. The van der Waals surface area contributed by atoms with Crippen molar-refractivity contribution in [1.82, 2.24) is 20.1 Å². The van der Waals surface area contributed by atoms with Crippen LogP contribution in [0.3, 0.4) is 0 Å². The molecule has 0 fully saturated rings. The molecule has 0 saturated heterocycles. The van der Waals surface area contributed by atoms with Crippen molar-refractivity contribution in [2.75, 3.05) is 6.54 Å². The van der Waals surface area contributed by atoms with Gasteiger partial charge >= 0.3 is 0 Å². The molecule has 0 spiro atoms. The van der Waals surface area contributed by atoms with E-state index in [1.807, 2.05) is 32.9 Å². The summed E-state index contributed by atoms with van der Waals surface area (Å²) in [7, 11) is 0. The molecule has 0 bridgehead atoms. The predicted molar refractivity (Wildman–Crippen MR) is 93.2 cm³/mol. The molecule has 2 aromatic heterocycles. The maximum atomic E-state index is 12.5. The van der Waals surface area contributed by atoms with Gasteiger partial charge in [-0.3, -0.25) is 9.78 Å². The Balaban J connectivity index is 2.09. The fraction of sp³-hybridized carbons (Fsp3) is 0.500. The lowest BCUT2D eigenvalue weighted by molar-refractivity contribution is 0.0213. The van der Waals surface area contributed by atoms with E-state index in [1.165, 1.54) is 0 Å². The van der Waals surface area contributed by atoms with E-state index in [0.29, 0.717) is 18.4 Å². The topological polar surface area (TPSA) is 80.0 Å². The third-order valence-corrected chi connectivity index (χ3v) is 4.17. The zero-order valence-electron chi connectivity index (χ0n) is 14.6. The first-order valence-electron chi connectivity index (χ1n) is 8.46. The highest BCUT2D eigenvalue weighted by molar-refractivity contribution is 5.95. The Hall–Kier alpha value is -2.21. The number of carbonyl (C=O) groups is 1. The predicted octanol–water partition coefficient (Wildman–Crippen LogP) is 2.64. The van der Waals surface area contributed by atoms with Crippen molar-refractivity contribution in [1.29, 1.82) is 0 Å². The number of carbonyl (C=O) groups excluding carboxylic acids is 1. The van der Waals surface area contributed by atoms with Gasteiger partial charge in [0.1, 0.15) is 0 Å².